The second-order valence-electron chi connectivity index (χ2n) is 6.88. The minimum absolute atomic E-state index is 0.00336. The van der Waals surface area contributed by atoms with Gasteiger partial charge < -0.3 is 18.8 Å². The highest BCUT2D eigenvalue weighted by molar-refractivity contribution is 6.05. The number of hydrogen-bond donors (Lipinski definition) is 1. The molecule has 3 aromatic carbocycles. The van der Waals surface area contributed by atoms with Gasteiger partial charge in [0.25, 0.3) is 0 Å². The molecule has 0 radical (unpaired) electrons. The predicted octanol–water partition coefficient (Wildman–Crippen LogP) is 4.31. The number of benzene rings is 3. The maximum Gasteiger partial charge on any atom is 0.380 e. The van der Waals surface area contributed by atoms with Crippen LogP contribution >= 0.6 is 0 Å². The third-order valence-corrected chi connectivity index (χ3v) is 5.01. The van der Waals surface area contributed by atoms with Crippen LogP contribution in [0, 0.1) is 0 Å². The molecule has 0 unspecified atom stereocenters. The number of rotatable bonds is 4. The maximum absolute atomic E-state index is 13.1. The van der Waals surface area contributed by atoms with Crippen molar-refractivity contribution in [3.63, 3.8) is 0 Å². The van der Waals surface area contributed by atoms with Crippen LogP contribution in [0.5, 0.6) is 5.75 Å². The molecule has 1 N–H and O–H groups in total. The van der Waals surface area contributed by atoms with Crippen LogP contribution in [0.4, 0.5) is 0 Å². The molecule has 0 spiro atoms. The smallest absolute Gasteiger partial charge is 0.380 e. The van der Waals surface area contributed by atoms with Gasteiger partial charge in [-0.25, -0.2) is 4.79 Å². The van der Waals surface area contributed by atoms with E-state index < -0.39 is 5.63 Å². The van der Waals surface area contributed by atoms with Gasteiger partial charge in [0.1, 0.15) is 29.2 Å². The molecule has 7 heteroatoms. The summed E-state index contributed by atoms with van der Waals surface area (Å²) in [7, 11) is 0. The SMILES string of the molecule is O=c1oc2ccccc2c2c(=O)c3ccc(OC/C(=N/O)c4ccccc4)cc3oc12. The van der Waals surface area contributed by atoms with E-state index in [1.165, 1.54) is 6.07 Å². The summed E-state index contributed by atoms with van der Waals surface area (Å²) < 4.78 is 16.8. The zero-order chi connectivity index (χ0) is 21.4. The second kappa shape index (κ2) is 7.46. The van der Waals surface area contributed by atoms with Gasteiger partial charge in [0, 0.05) is 17.0 Å². The fourth-order valence-electron chi connectivity index (χ4n) is 3.51. The summed E-state index contributed by atoms with van der Waals surface area (Å²) in [5, 5.41) is 13.6. The summed E-state index contributed by atoms with van der Waals surface area (Å²) in [4.78, 5) is 25.5. The minimum Gasteiger partial charge on any atom is -0.487 e. The molecule has 0 bridgehead atoms. The van der Waals surface area contributed by atoms with E-state index in [2.05, 4.69) is 5.16 Å². The summed E-state index contributed by atoms with van der Waals surface area (Å²) >= 11 is 0. The van der Waals surface area contributed by atoms with Gasteiger partial charge in [0.2, 0.25) is 11.0 Å². The lowest BCUT2D eigenvalue weighted by Crippen LogP contribution is -2.13. The first-order valence-electron chi connectivity index (χ1n) is 9.47. The summed E-state index contributed by atoms with van der Waals surface area (Å²) in [6.07, 6.45) is 0. The predicted molar refractivity (Wildman–Crippen MR) is 116 cm³/mol. The van der Waals surface area contributed by atoms with Crippen molar-refractivity contribution >= 4 is 38.6 Å². The molecular weight excluding hydrogens is 398 g/mol. The number of nitrogens with zero attached hydrogens (tertiary/aromatic N) is 1. The van der Waals surface area contributed by atoms with Crippen molar-refractivity contribution < 1.29 is 18.8 Å². The van der Waals surface area contributed by atoms with Crippen LogP contribution in [0.1, 0.15) is 5.56 Å². The quantitative estimate of drug-likeness (QED) is 0.118. The van der Waals surface area contributed by atoms with Gasteiger partial charge in [0.15, 0.2) is 0 Å². The van der Waals surface area contributed by atoms with Crippen molar-refractivity contribution in [1.29, 1.82) is 0 Å². The van der Waals surface area contributed by atoms with E-state index in [-0.39, 0.29) is 28.6 Å². The van der Waals surface area contributed by atoms with E-state index in [9.17, 15) is 14.8 Å². The lowest BCUT2D eigenvalue weighted by molar-refractivity contribution is 0.308. The Morgan fingerprint density at radius 2 is 1.65 bits per heavy atom. The number of ether oxygens (including phenoxy) is 1. The zero-order valence-corrected chi connectivity index (χ0v) is 16.1. The third-order valence-electron chi connectivity index (χ3n) is 5.01. The fourth-order valence-corrected chi connectivity index (χ4v) is 3.51. The maximum atomic E-state index is 13.1. The Labute approximate surface area is 174 Å². The molecular formula is C24H15NO6. The van der Waals surface area contributed by atoms with Crippen LogP contribution in [-0.2, 0) is 0 Å². The van der Waals surface area contributed by atoms with Crippen LogP contribution in [0.2, 0.25) is 0 Å². The molecule has 31 heavy (non-hydrogen) atoms. The molecule has 0 atom stereocenters. The molecule has 0 aliphatic rings. The van der Waals surface area contributed by atoms with E-state index >= 15 is 0 Å². The number of fused-ring (bicyclic) bond motifs is 4. The highest BCUT2D eigenvalue weighted by Gasteiger charge is 2.16. The molecule has 5 aromatic rings. The van der Waals surface area contributed by atoms with Crippen LogP contribution in [0.3, 0.4) is 0 Å². The molecule has 2 heterocycles. The first-order valence-corrected chi connectivity index (χ1v) is 9.47. The number of hydrogen-bond acceptors (Lipinski definition) is 7. The molecule has 0 saturated heterocycles. The van der Waals surface area contributed by atoms with E-state index in [1.807, 2.05) is 18.2 Å². The molecule has 0 aliphatic heterocycles. The highest BCUT2D eigenvalue weighted by atomic mass is 16.5. The van der Waals surface area contributed by atoms with E-state index in [4.69, 9.17) is 13.6 Å². The largest absolute Gasteiger partial charge is 0.487 e. The molecule has 0 fully saturated rings. The van der Waals surface area contributed by atoms with Gasteiger partial charge in [-0.2, -0.15) is 0 Å². The van der Waals surface area contributed by atoms with Crippen LogP contribution in [0.15, 0.2) is 96.4 Å². The molecule has 7 nitrogen and oxygen atoms in total. The average molecular weight is 413 g/mol. The molecule has 2 aromatic heterocycles. The normalized spacial score (nSPS) is 11.9. The molecule has 0 aliphatic carbocycles. The van der Waals surface area contributed by atoms with Crippen molar-refractivity contribution in [1.82, 2.24) is 0 Å². The number of oxime groups is 1. The van der Waals surface area contributed by atoms with E-state index in [0.29, 0.717) is 33.4 Å². The van der Waals surface area contributed by atoms with Crippen LogP contribution in [0.25, 0.3) is 32.9 Å². The Balaban J connectivity index is 1.58. The Hall–Kier alpha value is -4.39. The summed E-state index contributed by atoms with van der Waals surface area (Å²) in [5.74, 6) is 0.386. The lowest BCUT2D eigenvalue weighted by atomic mass is 10.1. The van der Waals surface area contributed by atoms with Crippen molar-refractivity contribution in [2.75, 3.05) is 6.61 Å². The first kappa shape index (κ1) is 18.6. The van der Waals surface area contributed by atoms with Crippen molar-refractivity contribution in [3.05, 3.63) is 99.0 Å². The lowest BCUT2D eigenvalue weighted by Gasteiger charge is -2.09. The van der Waals surface area contributed by atoms with Crippen LogP contribution < -0.4 is 15.8 Å². The Morgan fingerprint density at radius 1 is 0.871 bits per heavy atom. The third kappa shape index (κ3) is 3.22. The number of para-hydroxylation sites is 1. The van der Waals surface area contributed by atoms with Gasteiger partial charge in [-0.05, 0) is 18.2 Å². The van der Waals surface area contributed by atoms with Crippen LogP contribution in [-0.4, -0.2) is 17.5 Å². The topological polar surface area (TPSA) is 102 Å². The van der Waals surface area contributed by atoms with Crippen molar-refractivity contribution in [2.24, 2.45) is 5.16 Å². The van der Waals surface area contributed by atoms with Gasteiger partial charge in [-0.15, -0.1) is 0 Å². The van der Waals surface area contributed by atoms with Crippen molar-refractivity contribution in [3.8, 4) is 5.75 Å². The molecule has 0 amide bonds. The first-order chi connectivity index (χ1) is 15.2. The van der Waals surface area contributed by atoms with E-state index in [1.54, 1.807) is 48.5 Å². The van der Waals surface area contributed by atoms with E-state index in [0.717, 1.165) is 0 Å². The Kier molecular flexibility index (Phi) is 4.48. The fraction of sp³-hybridized carbons (Fsp3) is 0.0417. The minimum atomic E-state index is -0.724. The Bertz CT molecular complexity index is 1580. The summed E-state index contributed by atoms with van der Waals surface area (Å²) in [6, 6.07) is 20.6. The molecule has 152 valence electrons. The van der Waals surface area contributed by atoms with Gasteiger partial charge in [0.05, 0.1) is 10.8 Å². The zero-order valence-electron chi connectivity index (χ0n) is 16.1. The van der Waals surface area contributed by atoms with Gasteiger partial charge in [-0.1, -0.05) is 53.7 Å². The summed E-state index contributed by atoms with van der Waals surface area (Å²) in [5.41, 5.74) is 0.380. The molecule has 0 saturated carbocycles. The van der Waals surface area contributed by atoms with Crippen molar-refractivity contribution in [2.45, 2.75) is 0 Å². The van der Waals surface area contributed by atoms with Gasteiger partial charge >= 0.3 is 5.63 Å². The highest BCUT2D eigenvalue weighted by Crippen LogP contribution is 2.26. The van der Waals surface area contributed by atoms with Gasteiger partial charge in [-0.3, -0.25) is 4.79 Å². The Morgan fingerprint density at radius 3 is 2.45 bits per heavy atom. The molecule has 5 rings (SSSR count). The standard InChI is InChI=1S/C24H15NO6/c26-22-17-11-10-15(29-13-18(25-28)14-6-2-1-3-7-14)12-20(17)30-23-21(22)16-8-4-5-9-19(16)31-24(23)27/h1-12,28H,13H2/b25-18-. The monoisotopic (exact) mass is 413 g/mol. The second-order valence-corrected chi connectivity index (χ2v) is 6.88. The summed E-state index contributed by atoms with van der Waals surface area (Å²) in [6.45, 7) is -0.00336. The average Bonchev–Trinajstić information content (AvgIpc) is 2.80.